The number of hydrogen-bond donors (Lipinski definition) is 1. The van der Waals surface area contributed by atoms with E-state index in [9.17, 15) is 9.90 Å². The summed E-state index contributed by atoms with van der Waals surface area (Å²) in [6, 6.07) is 26.5. The molecule has 1 unspecified atom stereocenters. The SMILES string of the molecule is Cc1ccnc(Cn2c(C(=O)O)cc3cc(OCc4ccccc4)cc(N4CC(C)n5c(c(CCCOc6cc(C)c(Cl)c(C)c6)c6ccc(Cl)c(-c7c(C)ncnc7C)c65)C4=O)c32)c1. The molecule has 0 radical (unpaired) electrons. The molecule has 1 N–H and O–H groups in total. The van der Waals surface area contributed by atoms with Crippen LogP contribution in [0.2, 0.25) is 10.0 Å². The van der Waals surface area contributed by atoms with Gasteiger partial charge in [-0.15, -0.1) is 0 Å². The van der Waals surface area contributed by atoms with E-state index in [1.807, 2.05) is 113 Å². The van der Waals surface area contributed by atoms with Crippen LogP contribution in [0.4, 0.5) is 5.69 Å². The maximum absolute atomic E-state index is 15.8. The zero-order valence-corrected chi connectivity index (χ0v) is 38.6. The number of benzene rings is 4. The minimum Gasteiger partial charge on any atom is -0.494 e. The molecule has 0 fully saturated rings. The van der Waals surface area contributed by atoms with Crippen molar-refractivity contribution in [3.05, 3.63) is 164 Å². The molecule has 0 saturated heterocycles. The number of nitrogens with zero attached hydrogens (tertiary/aromatic N) is 6. The maximum atomic E-state index is 15.8. The number of fused-ring (bicyclic) bond motifs is 4. The highest BCUT2D eigenvalue weighted by Gasteiger charge is 2.38. The monoisotopic (exact) mass is 906 g/mol. The molecule has 8 aromatic rings. The third kappa shape index (κ3) is 8.19. The van der Waals surface area contributed by atoms with Crippen LogP contribution >= 0.6 is 23.2 Å². The van der Waals surface area contributed by atoms with Crippen LogP contribution in [-0.2, 0) is 19.6 Å². The number of amides is 1. The Kier molecular flexibility index (Phi) is 11.9. The van der Waals surface area contributed by atoms with Crippen molar-refractivity contribution in [1.29, 1.82) is 0 Å². The largest absolute Gasteiger partial charge is 0.494 e. The molecule has 1 amide bonds. The van der Waals surface area contributed by atoms with Gasteiger partial charge in [-0.1, -0.05) is 59.6 Å². The predicted octanol–water partition coefficient (Wildman–Crippen LogP) is 11.9. The molecule has 1 atom stereocenters. The normalized spacial score (nSPS) is 13.8. The molecule has 0 bridgehead atoms. The van der Waals surface area contributed by atoms with E-state index in [-0.39, 0.29) is 37.3 Å². The van der Waals surface area contributed by atoms with Crippen LogP contribution < -0.4 is 14.4 Å². The first-order chi connectivity index (χ1) is 31.3. The van der Waals surface area contributed by atoms with Crippen LogP contribution in [0.1, 0.15) is 85.3 Å². The summed E-state index contributed by atoms with van der Waals surface area (Å²) in [5.74, 6) is -0.104. The Bertz CT molecular complexity index is 3140. The number of aromatic carboxylic acids is 1. The summed E-state index contributed by atoms with van der Waals surface area (Å²) in [7, 11) is 0. The number of carboxylic acid groups (broad SMARTS) is 1. The van der Waals surface area contributed by atoms with Gasteiger partial charge in [-0.3, -0.25) is 9.78 Å². The van der Waals surface area contributed by atoms with E-state index in [1.165, 1.54) is 0 Å². The zero-order valence-electron chi connectivity index (χ0n) is 37.1. The van der Waals surface area contributed by atoms with Crippen LogP contribution in [-0.4, -0.2) is 54.2 Å². The summed E-state index contributed by atoms with van der Waals surface area (Å²) in [5, 5.41) is 13.4. The lowest BCUT2D eigenvalue weighted by molar-refractivity contribution is 0.0686. The fourth-order valence-electron chi connectivity index (χ4n) is 9.34. The van der Waals surface area contributed by atoms with E-state index in [0.29, 0.717) is 63.2 Å². The summed E-state index contributed by atoms with van der Waals surface area (Å²) < 4.78 is 16.6. The molecule has 0 saturated carbocycles. The number of ether oxygens (including phenoxy) is 2. The highest BCUT2D eigenvalue weighted by Crippen LogP contribution is 2.46. The first-order valence-corrected chi connectivity index (χ1v) is 22.4. The molecular weight excluding hydrogens is 860 g/mol. The lowest BCUT2D eigenvalue weighted by Gasteiger charge is -2.35. The third-order valence-electron chi connectivity index (χ3n) is 12.3. The summed E-state index contributed by atoms with van der Waals surface area (Å²) in [6.07, 6.45) is 4.38. The summed E-state index contributed by atoms with van der Waals surface area (Å²) in [4.78, 5) is 44.4. The summed E-state index contributed by atoms with van der Waals surface area (Å²) in [5.41, 5.74) is 11.1. The number of pyridine rings is 1. The van der Waals surface area contributed by atoms with E-state index < -0.39 is 5.97 Å². The standard InChI is InChI=1S/C52H48Cl2N6O5/c1-29-16-17-55-37(19-29)26-58-44(52(62)63)23-36-22-39(65-27-35-11-8-7-9-12-35)24-43(48(36)58)59-25-32(4)60-49-41(14-15-42(53)46(49)45-33(5)56-28-57-34(45)6)40(50(60)51(59)61)13-10-18-64-38-20-30(2)47(54)31(3)21-38/h7-9,11-12,14-17,19-24,28,32H,10,13,18,25-27H2,1-6H3,(H,62,63). The van der Waals surface area contributed by atoms with Gasteiger partial charge in [-0.25, -0.2) is 14.8 Å². The van der Waals surface area contributed by atoms with Gasteiger partial charge in [0.15, 0.2) is 0 Å². The molecule has 0 spiro atoms. The smallest absolute Gasteiger partial charge is 0.352 e. The topological polar surface area (TPSA) is 125 Å². The van der Waals surface area contributed by atoms with Gasteiger partial charge in [0, 0.05) is 63.2 Å². The van der Waals surface area contributed by atoms with Crippen molar-refractivity contribution in [2.75, 3.05) is 18.1 Å². The van der Waals surface area contributed by atoms with Gasteiger partial charge in [0.05, 0.1) is 40.6 Å². The second-order valence-electron chi connectivity index (χ2n) is 16.9. The molecule has 9 rings (SSSR count). The predicted molar refractivity (Wildman–Crippen MR) is 256 cm³/mol. The number of hydrogen-bond acceptors (Lipinski definition) is 7. The number of halogens is 2. The molecule has 1 aliphatic heterocycles. The average molecular weight is 908 g/mol. The van der Waals surface area contributed by atoms with Gasteiger partial charge in [-0.05, 0) is 125 Å². The van der Waals surface area contributed by atoms with Gasteiger partial charge in [0.2, 0.25) is 0 Å². The van der Waals surface area contributed by atoms with Crippen LogP contribution in [0.15, 0.2) is 97.5 Å². The van der Waals surface area contributed by atoms with Gasteiger partial charge in [-0.2, -0.15) is 0 Å². The zero-order chi connectivity index (χ0) is 45.7. The molecule has 65 heavy (non-hydrogen) atoms. The number of anilines is 1. The van der Waals surface area contributed by atoms with E-state index >= 15 is 4.79 Å². The first kappa shape index (κ1) is 43.6. The van der Waals surface area contributed by atoms with E-state index in [0.717, 1.165) is 67.0 Å². The Labute approximate surface area is 387 Å². The molecule has 330 valence electrons. The van der Waals surface area contributed by atoms with Crippen LogP contribution in [0.25, 0.3) is 32.9 Å². The molecule has 5 heterocycles. The Balaban J connectivity index is 1.22. The molecule has 1 aliphatic rings. The second-order valence-corrected chi connectivity index (χ2v) is 17.7. The van der Waals surface area contributed by atoms with Crippen LogP contribution in [0.5, 0.6) is 11.5 Å². The van der Waals surface area contributed by atoms with Crippen LogP contribution in [0, 0.1) is 34.6 Å². The summed E-state index contributed by atoms with van der Waals surface area (Å²) in [6.45, 7) is 13.0. The highest BCUT2D eigenvalue weighted by molar-refractivity contribution is 6.35. The number of carbonyl (C=O) groups excluding carboxylic acids is 1. The van der Waals surface area contributed by atoms with Gasteiger partial charge >= 0.3 is 5.97 Å². The molecule has 13 heteroatoms. The molecular formula is C52H48Cl2N6O5. The molecule has 11 nitrogen and oxygen atoms in total. The number of rotatable bonds is 13. The van der Waals surface area contributed by atoms with Crippen molar-refractivity contribution in [3.63, 3.8) is 0 Å². The van der Waals surface area contributed by atoms with Crippen molar-refractivity contribution < 1.29 is 24.2 Å². The Morgan fingerprint density at radius 1 is 0.831 bits per heavy atom. The fraction of sp³-hybridized carbons (Fsp3) is 0.250. The van der Waals surface area contributed by atoms with E-state index in [1.54, 1.807) is 28.1 Å². The number of carboxylic acids is 1. The van der Waals surface area contributed by atoms with E-state index in [2.05, 4.69) is 26.4 Å². The summed E-state index contributed by atoms with van der Waals surface area (Å²) >= 11 is 13.7. The quantitative estimate of drug-likeness (QED) is 0.113. The number of aryl methyl sites for hydroxylation is 6. The molecule has 4 aromatic carbocycles. The Morgan fingerprint density at radius 2 is 1.55 bits per heavy atom. The lowest BCUT2D eigenvalue weighted by atomic mass is 9.97. The Morgan fingerprint density at radius 3 is 2.26 bits per heavy atom. The highest BCUT2D eigenvalue weighted by atomic mass is 35.5. The fourth-order valence-corrected chi connectivity index (χ4v) is 9.70. The van der Waals surface area contributed by atoms with Crippen molar-refractivity contribution in [3.8, 4) is 22.6 Å². The minimum absolute atomic E-state index is 0.0678. The molecule has 0 aliphatic carbocycles. The number of carbonyl (C=O) groups is 2. The van der Waals surface area contributed by atoms with E-state index in [4.69, 9.17) is 32.7 Å². The van der Waals surface area contributed by atoms with Crippen molar-refractivity contribution in [2.24, 2.45) is 0 Å². The van der Waals surface area contributed by atoms with Gasteiger partial charge in [0.25, 0.3) is 5.91 Å². The van der Waals surface area contributed by atoms with Gasteiger partial charge in [0.1, 0.15) is 35.8 Å². The third-order valence-corrected chi connectivity index (χ3v) is 13.2. The lowest BCUT2D eigenvalue weighted by Crippen LogP contribution is -2.43. The van der Waals surface area contributed by atoms with Crippen LogP contribution in [0.3, 0.4) is 0 Å². The van der Waals surface area contributed by atoms with Gasteiger partial charge < -0.3 is 28.6 Å². The molecule has 4 aromatic heterocycles. The first-order valence-electron chi connectivity index (χ1n) is 21.6. The van der Waals surface area contributed by atoms with Crippen molar-refractivity contribution in [1.82, 2.24) is 24.1 Å². The number of aromatic nitrogens is 5. The Hall–Kier alpha value is -6.69. The second kappa shape index (κ2) is 17.7. The van der Waals surface area contributed by atoms with Crippen molar-refractivity contribution >= 4 is 62.6 Å². The minimum atomic E-state index is -1.10. The maximum Gasteiger partial charge on any atom is 0.352 e. The van der Waals surface area contributed by atoms with Crippen molar-refractivity contribution in [2.45, 2.75) is 73.6 Å². The average Bonchev–Trinajstić information content (AvgIpc) is 3.81.